The van der Waals surface area contributed by atoms with E-state index in [4.69, 9.17) is 5.73 Å². The van der Waals surface area contributed by atoms with Gasteiger partial charge in [-0.2, -0.15) is 0 Å². The Hall–Kier alpha value is -1.59. The van der Waals surface area contributed by atoms with Gasteiger partial charge in [-0.1, -0.05) is 5.21 Å². The van der Waals surface area contributed by atoms with Gasteiger partial charge in [0.2, 0.25) is 0 Å². The topological polar surface area (TPSA) is 81.1 Å². The quantitative estimate of drug-likeness (QED) is 0.396. The summed E-state index contributed by atoms with van der Waals surface area (Å²) in [6.45, 7) is 1.56. The molecule has 15 heavy (non-hydrogen) atoms. The lowest BCUT2D eigenvalue weighted by atomic mass is 10.4. The predicted molar refractivity (Wildman–Crippen MR) is 57.3 cm³/mol. The van der Waals surface area contributed by atoms with E-state index in [0.717, 1.165) is 19.5 Å². The molecule has 0 unspecified atom stereocenters. The van der Waals surface area contributed by atoms with Crippen molar-refractivity contribution in [3.8, 4) is 0 Å². The zero-order valence-electron chi connectivity index (χ0n) is 8.63. The van der Waals surface area contributed by atoms with Crippen LogP contribution in [0.4, 0.5) is 0 Å². The fraction of sp³-hybridized carbons (Fsp3) is 0.667. The number of aliphatic imine (C=N–C) groups is 1. The molecule has 1 aliphatic carbocycles. The number of guanidine groups is 1. The van der Waals surface area contributed by atoms with Gasteiger partial charge in [-0.25, -0.2) is 0 Å². The molecule has 0 atom stereocenters. The van der Waals surface area contributed by atoms with Crippen molar-refractivity contribution in [3.63, 3.8) is 0 Å². The third-order valence-corrected chi connectivity index (χ3v) is 2.23. The summed E-state index contributed by atoms with van der Waals surface area (Å²) in [7, 11) is 0. The van der Waals surface area contributed by atoms with E-state index >= 15 is 0 Å². The minimum atomic E-state index is 0.566. The molecule has 1 aromatic rings. The third-order valence-electron chi connectivity index (χ3n) is 2.23. The molecule has 1 aliphatic rings. The largest absolute Gasteiger partial charge is 0.370 e. The van der Waals surface area contributed by atoms with E-state index in [-0.39, 0.29) is 0 Å². The molecule has 1 fully saturated rings. The van der Waals surface area contributed by atoms with Crippen LogP contribution < -0.4 is 11.1 Å². The molecule has 1 aromatic heterocycles. The molecule has 1 heterocycles. The molecule has 0 radical (unpaired) electrons. The first kappa shape index (κ1) is 9.95. The smallest absolute Gasteiger partial charge is 0.188 e. The van der Waals surface area contributed by atoms with Crippen LogP contribution in [0.5, 0.6) is 0 Å². The van der Waals surface area contributed by atoms with Gasteiger partial charge in [0.15, 0.2) is 5.96 Å². The molecule has 0 saturated heterocycles. The molecule has 2 rings (SSSR count). The van der Waals surface area contributed by atoms with Crippen LogP contribution in [0.3, 0.4) is 0 Å². The van der Waals surface area contributed by atoms with Crippen molar-refractivity contribution in [3.05, 3.63) is 12.4 Å². The number of hydrogen-bond donors (Lipinski definition) is 2. The van der Waals surface area contributed by atoms with E-state index in [0.29, 0.717) is 12.0 Å². The second kappa shape index (κ2) is 4.77. The van der Waals surface area contributed by atoms with E-state index in [1.165, 1.54) is 12.8 Å². The maximum Gasteiger partial charge on any atom is 0.188 e. The van der Waals surface area contributed by atoms with Crippen molar-refractivity contribution in [1.82, 2.24) is 20.3 Å². The van der Waals surface area contributed by atoms with Crippen LogP contribution in [-0.4, -0.2) is 33.5 Å². The summed E-state index contributed by atoms with van der Waals surface area (Å²) in [5.41, 5.74) is 5.68. The molecular formula is C9H16N6. The fourth-order valence-corrected chi connectivity index (χ4v) is 1.27. The molecule has 6 nitrogen and oxygen atoms in total. The number of aromatic nitrogens is 3. The second-order valence-corrected chi connectivity index (χ2v) is 3.71. The molecular weight excluding hydrogens is 192 g/mol. The van der Waals surface area contributed by atoms with Gasteiger partial charge in [-0.05, 0) is 19.3 Å². The standard InChI is InChI=1S/C9H16N6/c10-9(13-8-2-3-8)11-4-1-6-15-7-5-12-14-15/h5,7-8H,1-4,6H2,(H3,10,11,13). The Morgan fingerprint density at radius 3 is 3.13 bits per heavy atom. The van der Waals surface area contributed by atoms with E-state index in [1.54, 1.807) is 10.9 Å². The molecule has 3 N–H and O–H groups in total. The maximum absolute atomic E-state index is 5.68. The molecule has 0 spiro atoms. The van der Waals surface area contributed by atoms with E-state index in [9.17, 15) is 0 Å². The van der Waals surface area contributed by atoms with Gasteiger partial charge < -0.3 is 11.1 Å². The summed E-state index contributed by atoms with van der Waals surface area (Å²) in [5, 5.41) is 10.7. The molecule has 6 heteroatoms. The number of aryl methyl sites for hydroxylation is 1. The highest BCUT2D eigenvalue weighted by Crippen LogP contribution is 2.17. The molecule has 0 bridgehead atoms. The van der Waals surface area contributed by atoms with Gasteiger partial charge in [-0.15, -0.1) is 5.10 Å². The lowest BCUT2D eigenvalue weighted by Gasteiger charge is -2.02. The van der Waals surface area contributed by atoms with Crippen LogP contribution in [0.1, 0.15) is 19.3 Å². The number of nitrogens with two attached hydrogens (primary N) is 1. The normalized spacial score (nSPS) is 16.7. The molecule has 82 valence electrons. The summed E-state index contributed by atoms with van der Waals surface area (Å²) in [6, 6.07) is 0.573. The SMILES string of the molecule is NC(=NCCCn1ccnn1)NC1CC1. The van der Waals surface area contributed by atoms with E-state index in [1.807, 2.05) is 6.20 Å². The first-order chi connectivity index (χ1) is 7.34. The average Bonchev–Trinajstić information content (AvgIpc) is 2.87. The van der Waals surface area contributed by atoms with Crippen LogP contribution in [0.25, 0.3) is 0 Å². The van der Waals surface area contributed by atoms with Crippen LogP contribution in [-0.2, 0) is 6.54 Å². The summed E-state index contributed by atoms with van der Waals surface area (Å²) in [6.07, 6.45) is 6.88. The molecule has 1 saturated carbocycles. The number of nitrogens with one attached hydrogen (secondary N) is 1. The Morgan fingerprint density at radius 1 is 1.60 bits per heavy atom. The molecule has 0 aromatic carbocycles. The van der Waals surface area contributed by atoms with Crippen molar-refractivity contribution < 1.29 is 0 Å². The number of nitrogens with zero attached hydrogens (tertiary/aromatic N) is 4. The van der Waals surface area contributed by atoms with Crippen molar-refractivity contribution >= 4 is 5.96 Å². The third kappa shape index (κ3) is 3.57. The van der Waals surface area contributed by atoms with Gasteiger partial charge in [0, 0.05) is 25.3 Å². The predicted octanol–water partition coefficient (Wildman–Crippen LogP) is -0.265. The van der Waals surface area contributed by atoms with Gasteiger partial charge in [-0.3, -0.25) is 9.67 Å². The van der Waals surface area contributed by atoms with Crippen LogP contribution in [0, 0.1) is 0 Å². The maximum atomic E-state index is 5.68. The van der Waals surface area contributed by atoms with Crippen LogP contribution in [0.2, 0.25) is 0 Å². The van der Waals surface area contributed by atoms with Gasteiger partial charge >= 0.3 is 0 Å². The van der Waals surface area contributed by atoms with Crippen LogP contribution in [0.15, 0.2) is 17.4 Å². The highest BCUT2D eigenvalue weighted by Gasteiger charge is 2.21. The van der Waals surface area contributed by atoms with Crippen molar-refractivity contribution in [1.29, 1.82) is 0 Å². The van der Waals surface area contributed by atoms with Crippen LogP contribution >= 0.6 is 0 Å². The van der Waals surface area contributed by atoms with Gasteiger partial charge in [0.25, 0.3) is 0 Å². The summed E-state index contributed by atoms with van der Waals surface area (Å²) < 4.78 is 1.79. The van der Waals surface area contributed by atoms with E-state index < -0.39 is 0 Å². The summed E-state index contributed by atoms with van der Waals surface area (Å²) >= 11 is 0. The monoisotopic (exact) mass is 208 g/mol. The Kier molecular flexibility index (Phi) is 3.16. The first-order valence-electron chi connectivity index (χ1n) is 5.25. The number of rotatable bonds is 5. The lowest BCUT2D eigenvalue weighted by molar-refractivity contribution is 0.564. The van der Waals surface area contributed by atoms with Crippen molar-refractivity contribution in [2.45, 2.75) is 31.8 Å². The van der Waals surface area contributed by atoms with E-state index in [2.05, 4.69) is 20.6 Å². The average molecular weight is 208 g/mol. The lowest BCUT2D eigenvalue weighted by Crippen LogP contribution is -2.33. The Bertz CT molecular complexity index is 313. The highest BCUT2D eigenvalue weighted by atomic mass is 15.4. The Balaban J connectivity index is 1.60. The van der Waals surface area contributed by atoms with Crippen molar-refractivity contribution in [2.75, 3.05) is 6.54 Å². The first-order valence-corrected chi connectivity index (χ1v) is 5.25. The minimum Gasteiger partial charge on any atom is -0.370 e. The fourth-order valence-electron chi connectivity index (χ4n) is 1.27. The second-order valence-electron chi connectivity index (χ2n) is 3.71. The highest BCUT2D eigenvalue weighted by molar-refractivity contribution is 5.78. The number of hydrogen-bond acceptors (Lipinski definition) is 3. The molecule has 0 amide bonds. The Labute approximate surface area is 88.6 Å². The van der Waals surface area contributed by atoms with Gasteiger partial charge in [0.05, 0.1) is 6.20 Å². The summed E-state index contributed by atoms with van der Waals surface area (Å²) in [5.74, 6) is 0.566. The zero-order chi connectivity index (χ0) is 10.5. The van der Waals surface area contributed by atoms with Crippen molar-refractivity contribution in [2.24, 2.45) is 10.7 Å². The minimum absolute atomic E-state index is 0.566. The van der Waals surface area contributed by atoms with Gasteiger partial charge in [0.1, 0.15) is 0 Å². The Morgan fingerprint density at radius 2 is 2.47 bits per heavy atom. The molecule has 0 aliphatic heterocycles. The summed E-state index contributed by atoms with van der Waals surface area (Å²) in [4.78, 5) is 4.23. The zero-order valence-corrected chi connectivity index (χ0v) is 8.63.